The predicted molar refractivity (Wildman–Crippen MR) is 80.7 cm³/mol. The Morgan fingerprint density at radius 2 is 2.10 bits per heavy atom. The number of nitrogens with two attached hydrogens (primary N) is 1. The minimum atomic E-state index is 0.390. The molecule has 0 aliphatic heterocycles. The van der Waals surface area contributed by atoms with E-state index in [-0.39, 0.29) is 0 Å². The van der Waals surface area contributed by atoms with Crippen molar-refractivity contribution in [3.05, 3.63) is 29.9 Å². The van der Waals surface area contributed by atoms with Gasteiger partial charge in [-0.2, -0.15) is 4.98 Å². The van der Waals surface area contributed by atoms with E-state index in [1.54, 1.807) is 6.20 Å². The second kappa shape index (κ2) is 6.35. The lowest BCUT2D eigenvalue weighted by molar-refractivity contribution is 0.275. The van der Waals surface area contributed by atoms with Crippen LogP contribution >= 0.6 is 0 Å². The van der Waals surface area contributed by atoms with Gasteiger partial charge in [-0.1, -0.05) is 12.1 Å². The fraction of sp³-hybridized carbons (Fsp3) is 0.562. The first kappa shape index (κ1) is 14.2. The SMILES string of the molecule is CCc1cnccc1-c1noc(C2CCC(CN)CC2)n1. The van der Waals surface area contributed by atoms with Gasteiger partial charge in [-0.05, 0) is 56.2 Å². The van der Waals surface area contributed by atoms with Crippen molar-refractivity contribution in [2.75, 3.05) is 6.54 Å². The summed E-state index contributed by atoms with van der Waals surface area (Å²) in [6.07, 6.45) is 9.08. The van der Waals surface area contributed by atoms with Gasteiger partial charge >= 0.3 is 0 Å². The van der Waals surface area contributed by atoms with Gasteiger partial charge in [-0.3, -0.25) is 4.98 Å². The minimum absolute atomic E-state index is 0.390. The van der Waals surface area contributed by atoms with Gasteiger partial charge < -0.3 is 10.3 Å². The molecule has 0 atom stereocenters. The molecule has 2 heterocycles. The summed E-state index contributed by atoms with van der Waals surface area (Å²) in [4.78, 5) is 8.78. The standard InChI is InChI=1S/C16H22N4O/c1-2-12-10-18-8-7-14(12)15-19-16(21-20-15)13-5-3-11(9-17)4-6-13/h7-8,10-11,13H,2-6,9,17H2,1H3. The maximum absolute atomic E-state index is 5.74. The van der Waals surface area contributed by atoms with E-state index in [0.29, 0.717) is 17.7 Å². The number of pyridine rings is 1. The molecule has 112 valence electrons. The molecule has 0 radical (unpaired) electrons. The molecule has 5 heteroatoms. The lowest BCUT2D eigenvalue weighted by Crippen LogP contribution is -2.20. The Hall–Kier alpha value is -1.75. The second-order valence-electron chi connectivity index (χ2n) is 5.80. The average molecular weight is 286 g/mol. The molecule has 5 nitrogen and oxygen atoms in total. The first-order valence-electron chi connectivity index (χ1n) is 7.78. The average Bonchev–Trinajstić information content (AvgIpc) is 3.04. The smallest absolute Gasteiger partial charge is 0.230 e. The molecule has 0 saturated heterocycles. The third kappa shape index (κ3) is 2.97. The van der Waals surface area contributed by atoms with E-state index in [9.17, 15) is 0 Å². The van der Waals surface area contributed by atoms with Gasteiger partial charge in [-0.25, -0.2) is 0 Å². The van der Waals surface area contributed by atoms with Crippen LogP contribution < -0.4 is 5.73 Å². The fourth-order valence-corrected chi connectivity index (χ4v) is 3.08. The van der Waals surface area contributed by atoms with E-state index in [1.165, 1.54) is 0 Å². The van der Waals surface area contributed by atoms with Crippen LogP contribution in [0.4, 0.5) is 0 Å². The summed E-state index contributed by atoms with van der Waals surface area (Å²) >= 11 is 0. The van der Waals surface area contributed by atoms with Gasteiger partial charge in [0.1, 0.15) is 0 Å². The second-order valence-corrected chi connectivity index (χ2v) is 5.80. The molecule has 2 N–H and O–H groups in total. The Morgan fingerprint density at radius 3 is 2.81 bits per heavy atom. The largest absolute Gasteiger partial charge is 0.339 e. The Labute approximate surface area is 125 Å². The molecular formula is C16H22N4O. The highest BCUT2D eigenvalue weighted by atomic mass is 16.5. The highest BCUT2D eigenvalue weighted by molar-refractivity contribution is 5.58. The van der Waals surface area contributed by atoms with Crippen LogP contribution in [-0.2, 0) is 6.42 Å². The topological polar surface area (TPSA) is 77.8 Å². The number of hydrogen-bond donors (Lipinski definition) is 1. The Bertz CT molecular complexity index is 587. The zero-order valence-electron chi connectivity index (χ0n) is 12.5. The van der Waals surface area contributed by atoms with E-state index in [4.69, 9.17) is 10.3 Å². The number of nitrogens with zero attached hydrogens (tertiary/aromatic N) is 3. The van der Waals surface area contributed by atoms with Crippen molar-refractivity contribution in [2.24, 2.45) is 11.7 Å². The molecule has 0 spiro atoms. The Morgan fingerprint density at radius 1 is 1.29 bits per heavy atom. The Balaban J connectivity index is 1.78. The lowest BCUT2D eigenvalue weighted by atomic mass is 9.82. The third-order valence-electron chi connectivity index (χ3n) is 4.50. The van der Waals surface area contributed by atoms with E-state index >= 15 is 0 Å². The molecule has 0 bridgehead atoms. The number of aromatic nitrogens is 3. The van der Waals surface area contributed by atoms with Gasteiger partial charge in [0.2, 0.25) is 11.7 Å². The van der Waals surface area contributed by atoms with E-state index < -0.39 is 0 Å². The van der Waals surface area contributed by atoms with Crippen LogP contribution in [-0.4, -0.2) is 21.7 Å². The molecule has 1 aliphatic rings. The summed E-state index contributed by atoms with van der Waals surface area (Å²) in [5.41, 5.74) is 7.92. The minimum Gasteiger partial charge on any atom is -0.339 e. The van der Waals surface area contributed by atoms with Crippen molar-refractivity contribution in [1.82, 2.24) is 15.1 Å². The summed E-state index contributed by atoms with van der Waals surface area (Å²) in [5.74, 6) is 2.51. The molecule has 0 amide bonds. The predicted octanol–water partition coefficient (Wildman–Crippen LogP) is 2.93. The summed E-state index contributed by atoms with van der Waals surface area (Å²) < 4.78 is 5.51. The molecule has 1 fully saturated rings. The quantitative estimate of drug-likeness (QED) is 0.935. The first-order chi connectivity index (χ1) is 10.3. The van der Waals surface area contributed by atoms with Crippen LogP contribution in [0.15, 0.2) is 23.0 Å². The van der Waals surface area contributed by atoms with Crippen LogP contribution in [0, 0.1) is 5.92 Å². The van der Waals surface area contributed by atoms with E-state index in [2.05, 4.69) is 22.0 Å². The van der Waals surface area contributed by atoms with Crippen LogP contribution in [0.1, 0.15) is 50.0 Å². The molecule has 2 aromatic rings. The van der Waals surface area contributed by atoms with E-state index in [0.717, 1.165) is 55.7 Å². The first-order valence-corrected chi connectivity index (χ1v) is 7.78. The molecule has 2 aromatic heterocycles. The van der Waals surface area contributed by atoms with Crippen molar-refractivity contribution in [2.45, 2.75) is 44.9 Å². The molecule has 1 saturated carbocycles. The van der Waals surface area contributed by atoms with Crippen molar-refractivity contribution < 1.29 is 4.52 Å². The highest BCUT2D eigenvalue weighted by Gasteiger charge is 2.26. The van der Waals surface area contributed by atoms with Gasteiger partial charge in [0, 0.05) is 23.9 Å². The normalized spacial score (nSPS) is 22.4. The van der Waals surface area contributed by atoms with Crippen LogP contribution in [0.2, 0.25) is 0 Å². The fourth-order valence-electron chi connectivity index (χ4n) is 3.08. The maximum atomic E-state index is 5.74. The molecule has 1 aliphatic carbocycles. The van der Waals surface area contributed by atoms with Crippen LogP contribution in [0.3, 0.4) is 0 Å². The van der Waals surface area contributed by atoms with Crippen LogP contribution in [0.25, 0.3) is 11.4 Å². The van der Waals surface area contributed by atoms with Crippen molar-refractivity contribution >= 4 is 0 Å². The summed E-state index contributed by atoms with van der Waals surface area (Å²) in [5, 5.41) is 4.17. The van der Waals surface area contributed by atoms with Crippen molar-refractivity contribution in [3.8, 4) is 11.4 Å². The summed E-state index contributed by atoms with van der Waals surface area (Å²) in [7, 11) is 0. The third-order valence-corrected chi connectivity index (χ3v) is 4.50. The summed E-state index contributed by atoms with van der Waals surface area (Å²) in [6.45, 7) is 2.90. The van der Waals surface area contributed by atoms with Crippen LogP contribution in [0.5, 0.6) is 0 Å². The highest BCUT2D eigenvalue weighted by Crippen LogP contribution is 2.35. The lowest BCUT2D eigenvalue weighted by Gasteiger charge is -2.24. The monoisotopic (exact) mass is 286 g/mol. The molecule has 3 rings (SSSR count). The summed E-state index contributed by atoms with van der Waals surface area (Å²) in [6, 6.07) is 1.96. The van der Waals surface area contributed by atoms with Crippen molar-refractivity contribution in [3.63, 3.8) is 0 Å². The van der Waals surface area contributed by atoms with Gasteiger partial charge in [0.15, 0.2) is 0 Å². The van der Waals surface area contributed by atoms with Gasteiger partial charge in [0.05, 0.1) is 0 Å². The molecule has 0 unspecified atom stereocenters. The Kier molecular flexibility index (Phi) is 4.29. The number of hydrogen-bond acceptors (Lipinski definition) is 5. The van der Waals surface area contributed by atoms with E-state index in [1.807, 2.05) is 12.3 Å². The van der Waals surface area contributed by atoms with Gasteiger partial charge in [0.25, 0.3) is 0 Å². The number of rotatable bonds is 4. The molecule has 21 heavy (non-hydrogen) atoms. The zero-order valence-corrected chi connectivity index (χ0v) is 12.5. The number of aryl methyl sites for hydroxylation is 1. The molecule has 0 aromatic carbocycles. The van der Waals surface area contributed by atoms with Crippen molar-refractivity contribution in [1.29, 1.82) is 0 Å². The van der Waals surface area contributed by atoms with Gasteiger partial charge in [-0.15, -0.1) is 0 Å². The zero-order chi connectivity index (χ0) is 14.7. The molecular weight excluding hydrogens is 264 g/mol. The maximum Gasteiger partial charge on any atom is 0.230 e.